The minimum absolute atomic E-state index is 0.443. The SMILES string of the molecule is Cc1nc(CN)n(C)c1-c1ccco1. The third kappa shape index (κ3) is 1.24. The van der Waals surface area contributed by atoms with Crippen molar-refractivity contribution in [1.29, 1.82) is 0 Å². The Labute approximate surface area is 82.4 Å². The summed E-state index contributed by atoms with van der Waals surface area (Å²) in [5, 5.41) is 0. The number of nitrogens with zero attached hydrogens (tertiary/aromatic N) is 2. The van der Waals surface area contributed by atoms with Crippen molar-refractivity contribution in [2.24, 2.45) is 12.8 Å². The van der Waals surface area contributed by atoms with E-state index in [2.05, 4.69) is 4.98 Å². The van der Waals surface area contributed by atoms with E-state index in [1.54, 1.807) is 6.26 Å². The molecular weight excluding hydrogens is 178 g/mol. The van der Waals surface area contributed by atoms with Gasteiger partial charge in [-0.15, -0.1) is 0 Å². The van der Waals surface area contributed by atoms with Crippen LogP contribution in [-0.4, -0.2) is 9.55 Å². The first-order chi connectivity index (χ1) is 6.74. The van der Waals surface area contributed by atoms with Crippen molar-refractivity contribution in [3.63, 3.8) is 0 Å². The molecule has 0 radical (unpaired) electrons. The van der Waals surface area contributed by atoms with Crippen molar-refractivity contribution in [2.75, 3.05) is 0 Å². The summed E-state index contributed by atoms with van der Waals surface area (Å²) in [6.07, 6.45) is 1.66. The van der Waals surface area contributed by atoms with Crippen LogP contribution in [0.4, 0.5) is 0 Å². The largest absolute Gasteiger partial charge is 0.463 e. The minimum Gasteiger partial charge on any atom is -0.463 e. The minimum atomic E-state index is 0.443. The van der Waals surface area contributed by atoms with E-state index >= 15 is 0 Å². The van der Waals surface area contributed by atoms with E-state index in [0.717, 1.165) is 23.0 Å². The molecule has 4 nitrogen and oxygen atoms in total. The van der Waals surface area contributed by atoms with Gasteiger partial charge in [-0.05, 0) is 19.1 Å². The predicted octanol–water partition coefficient (Wildman–Crippen LogP) is 1.45. The second-order valence-electron chi connectivity index (χ2n) is 3.20. The summed E-state index contributed by atoms with van der Waals surface area (Å²) in [5.41, 5.74) is 7.52. The molecule has 0 fully saturated rings. The molecule has 0 aliphatic rings. The molecule has 4 heteroatoms. The molecule has 0 atom stereocenters. The van der Waals surface area contributed by atoms with E-state index in [0.29, 0.717) is 6.54 Å². The Morgan fingerprint density at radius 3 is 2.86 bits per heavy atom. The molecule has 2 aromatic rings. The van der Waals surface area contributed by atoms with Gasteiger partial charge in [-0.1, -0.05) is 0 Å². The molecule has 0 saturated carbocycles. The van der Waals surface area contributed by atoms with E-state index in [1.807, 2.05) is 30.7 Å². The van der Waals surface area contributed by atoms with Gasteiger partial charge in [-0.3, -0.25) is 0 Å². The lowest BCUT2D eigenvalue weighted by Gasteiger charge is -2.01. The zero-order valence-electron chi connectivity index (χ0n) is 8.32. The fourth-order valence-corrected chi connectivity index (χ4v) is 1.63. The molecule has 0 amide bonds. The first-order valence-corrected chi connectivity index (χ1v) is 4.50. The van der Waals surface area contributed by atoms with Crippen LogP contribution in [0, 0.1) is 6.92 Å². The fourth-order valence-electron chi connectivity index (χ4n) is 1.63. The van der Waals surface area contributed by atoms with Gasteiger partial charge in [-0.25, -0.2) is 4.98 Å². The summed E-state index contributed by atoms with van der Waals surface area (Å²) in [4.78, 5) is 4.36. The highest BCUT2D eigenvalue weighted by Crippen LogP contribution is 2.23. The first-order valence-electron chi connectivity index (χ1n) is 4.50. The van der Waals surface area contributed by atoms with Gasteiger partial charge in [-0.2, -0.15) is 0 Å². The number of aromatic nitrogens is 2. The number of rotatable bonds is 2. The molecule has 0 bridgehead atoms. The monoisotopic (exact) mass is 191 g/mol. The number of aryl methyl sites for hydroxylation is 1. The summed E-state index contributed by atoms with van der Waals surface area (Å²) < 4.78 is 7.30. The Bertz CT molecular complexity index is 428. The third-order valence-electron chi connectivity index (χ3n) is 2.30. The highest BCUT2D eigenvalue weighted by atomic mass is 16.3. The van der Waals surface area contributed by atoms with Crippen molar-refractivity contribution in [3.05, 3.63) is 29.9 Å². The second-order valence-corrected chi connectivity index (χ2v) is 3.20. The summed E-state index contributed by atoms with van der Waals surface area (Å²) in [7, 11) is 1.94. The maximum atomic E-state index is 5.57. The number of imidazole rings is 1. The van der Waals surface area contributed by atoms with Crippen LogP contribution in [0.2, 0.25) is 0 Å². The highest BCUT2D eigenvalue weighted by molar-refractivity contribution is 5.56. The van der Waals surface area contributed by atoms with E-state index < -0.39 is 0 Å². The molecule has 0 aromatic carbocycles. The van der Waals surface area contributed by atoms with Crippen molar-refractivity contribution in [3.8, 4) is 11.5 Å². The van der Waals surface area contributed by atoms with Crippen molar-refractivity contribution in [2.45, 2.75) is 13.5 Å². The Kier molecular flexibility index (Phi) is 2.13. The molecule has 0 aliphatic carbocycles. The van der Waals surface area contributed by atoms with Crippen LogP contribution >= 0.6 is 0 Å². The average Bonchev–Trinajstić information content (AvgIpc) is 2.74. The Hall–Kier alpha value is -1.55. The third-order valence-corrected chi connectivity index (χ3v) is 2.30. The summed E-state index contributed by atoms with van der Waals surface area (Å²) in [6, 6.07) is 3.79. The quantitative estimate of drug-likeness (QED) is 0.781. The van der Waals surface area contributed by atoms with Gasteiger partial charge in [0.2, 0.25) is 0 Å². The lowest BCUT2D eigenvalue weighted by molar-refractivity contribution is 0.575. The van der Waals surface area contributed by atoms with Gasteiger partial charge >= 0.3 is 0 Å². The molecule has 0 saturated heterocycles. The fraction of sp³-hybridized carbons (Fsp3) is 0.300. The van der Waals surface area contributed by atoms with Gasteiger partial charge in [0, 0.05) is 7.05 Å². The molecule has 2 N–H and O–H groups in total. The lowest BCUT2D eigenvalue weighted by atomic mass is 10.3. The zero-order valence-corrected chi connectivity index (χ0v) is 8.32. The van der Waals surface area contributed by atoms with E-state index in [1.165, 1.54) is 0 Å². The predicted molar refractivity (Wildman–Crippen MR) is 53.5 cm³/mol. The maximum Gasteiger partial charge on any atom is 0.152 e. The van der Waals surface area contributed by atoms with Crippen molar-refractivity contribution in [1.82, 2.24) is 9.55 Å². The van der Waals surface area contributed by atoms with Gasteiger partial charge in [0.1, 0.15) is 11.5 Å². The summed E-state index contributed by atoms with van der Waals surface area (Å²) >= 11 is 0. The van der Waals surface area contributed by atoms with Gasteiger partial charge < -0.3 is 14.7 Å². The van der Waals surface area contributed by atoms with Gasteiger partial charge in [0.05, 0.1) is 18.5 Å². The number of furan rings is 1. The van der Waals surface area contributed by atoms with Crippen LogP contribution in [0.15, 0.2) is 22.8 Å². The molecule has 0 spiro atoms. The zero-order chi connectivity index (χ0) is 10.1. The second kappa shape index (κ2) is 3.31. The van der Waals surface area contributed by atoms with Crippen LogP contribution in [0.1, 0.15) is 11.5 Å². The Morgan fingerprint density at radius 2 is 2.36 bits per heavy atom. The molecular formula is C10H13N3O. The Morgan fingerprint density at radius 1 is 1.57 bits per heavy atom. The molecule has 74 valence electrons. The van der Waals surface area contributed by atoms with Gasteiger partial charge in [0.25, 0.3) is 0 Å². The molecule has 2 aromatic heterocycles. The highest BCUT2D eigenvalue weighted by Gasteiger charge is 2.13. The maximum absolute atomic E-state index is 5.57. The van der Waals surface area contributed by atoms with E-state index in [-0.39, 0.29) is 0 Å². The van der Waals surface area contributed by atoms with Crippen LogP contribution in [-0.2, 0) is 13.6 Å². The van der Waals surface area contributed by atoms with Crippen LogP contribution in [0.25, 0.3) is 11.5 Å². The molecule has 0 aliphatic heterocycles. The van der Waals surface area contributed by atoms with Crippen molar-refractivity contribution >= 4 is 0 Å². The normalized spacial score (nSPS) is 10.8. The molecule has 2 rings (SSSR count). The van der Waals surface area contributed by atoms with Crippen molar-refractivity contribution < 1.29 is 4.42 Å². The lowest BCUT2D eigenvalue weighted by Crippen LogP contribution is -2.05. The van der Waals surface area contributed by atoms with Gasteiger partial charge in [0.15, 0.2) is 5.76 Å². The first kappa shape index (κ1) is 9.02. The number of nitrogens with two attached hydrogens (primary N) is 1. The van der Waals surface area contributed by atoms with Crippen LogP contribution < -0.4 is 5.73 Å². The topological polar surface area (TPSA) is 57.0 Å². The van der Waals surface area contributed by atoms with E-state index in [4.69, 9.17) is 10.2 Å². The summed E-state index contributed by atoms with van der Waals surface area (Å²) in [6.45, 7) is 2.40. The smallest absolute Gasteiger partial charge is 0.152 e. The number of hydrogen-bond acceptors (Lipinski definition) is 3. The van der Waals surface area contributed by atoms with E-state index in [9.17, 15) is 0 Å². The van der Waals surface area contributed by atoms with Crippen LogP contribution in [0.5, 0.6) is 0 Å². The summed E-state index contributed by atoms with van der Waals surface area (Å²) in [5.74, 6) is 1.70. The Balaban J connectivity index is 2.58. The molecule has 2 heterocycles. The average molecular weight is 191 g/mol. The molecule has 14 heavy (non-hydrogen) atoms. The number of hydrogen-bond donors (Lipinski definition) is 1. The van der Waals surface area contributed by atoms with Crippen LogP contribution in [0.3, 0.4) is 0 Å². The molecule has 0 unspecified atom stereocenters. The standard InChI is InChI=1S/C10H13N3O/c1-7-10(8-4-3-5-14-8)13(2)9(6-11)12-7/h3-5H,6,11H2,1-2H3.